The van der Waals surface area contributed by atoms with Crippen LogP contribution in [0, 0.1) is 11.8 Å². The second-order valence-corrected chi connectivity index (χ2v) is 5.64. The molecule has 98 valence electrons. The van der Waals surface area contributed by atoms with E-state index in [-0.39, 0.29) is 5.92 Å². The summed E-state index contributed by atoms with van der Waals surface area (Å²) >= 11 is 0. The maximum absolute atomic E-state index is 10.9. The number of rotatable bonds is 6. The van der Waals surface area contributed by atoms with E-state index >= 15 is 0 Å². The SMILES string of the molecule is CC(CN(CC1CCCNC1)C1CC1)C(=O)O. The summed E-state index contributed by atoms with van der Waals surface area (Å²) < 4.78 is 0. The number of piperidine rings is 1. The quantitative estimate of drug-likeness (QED) is 0.732. The predicted octanol–water partition coefficient (Wildman–Crippen LogP) is 1.17. The van der Waals surface area contributed by atoms with E-state index in [0.29, 0.717) is 12.0 Å². The second-order valence-electron chi connectivity index (χ2n) is 5.64. The summed E-state index contributed by atoms with van der Waals surface area (Å²) in [6, 6.07) is 0.665. The van der Waals surface area contributed by atoms with Gasteiger partial charge in [0.1, 0.15) is 0 Å². The lowest BCUT2D eigenvalue weighted by molar-refractivity contribution is -0.141. The molecule has 4 nitrogen and oxygen atoms in total. The van der Waals surface area contributed by atoms with Crippen molar-refractivity contribution in [2.75, 3.05) is 26.2 Å². The molecule has 1 aliphatic heterocycles. The largest absolute Gasteiger partial charge is 0.481 e. The molecule has 1 heterocycles. The van der Waals surface area contributed by atoms with Crippen LogP contribution in [0.25, 0.3) is 0 Å². The van der Waals surface area contributed by atoms with E-state index < -0.39 is 5.97 Å². The molecular weight excluding hydrogens is 216 g/mol. The average molecular weight is 240 g/mol. The van der Waals surface area contributed by atoms with Gasteiger partial charge in [0.25, 0.3) is 0 Å². The van der Waals surface area contributed by atoms with Crippen molar-refractivity contribution in [2.45, 2.75) is 38.6 Å². The Morgan fingerprint density at radius 2 is 2.24 bits per heavy atom. The molecule has 17 heavy (non-hydrogen) atoms. The number of nitrogens with zero attached hydrogens (tertiary/aromatic N) is 1. The molecule has 0 amide bonds. The van der Waals surface area contributed by atoms with Crippen LogP contribution in [0.4, 0.5) is 0 Å². The standard InChI is InChI=1S/C13H24N2O2/c1-10(13(16)17)8-15(12-4-5-12)9-11-3-2-6-14-7-11/h10-12,14H,2-9H2,1H3,(H,16,17). The maximum Gasteiger partial charge on any atom is 0.307 e. The van der Waals surface area contributed by atoms with Gasteiger partial charge in [-0.15, -0.1) is 0 Å². The molecule has 1 saturated heterocycles. The molecule has 2 fully saturated rings. The van der Waals surface area contributed by atoms with E-state index in [9.17, 15) is 4.79 Å². The third kappa shape index (κ3) is 3.96. The normalized spacial score (nSPS) is 27.1. The lowest BCUT2D eigenvalue weighted by atomic mass is 9.98. The molecule has 1 aliphatic carbocycles. The van der Waals surface area contributed by atoms with Crippen molar-refractivity contribution in [3.63, 3.8) is 0 Å². The monoisotopic (exact) mass is 240 g/mol. The first-order chi connectivity index (χ1) is 8.16. The van der Waals surface area contributed by atoms with Crippen molar-refractivity contribution < 1.29 is 9.90 Å². The van der Waals surface area contributed by atoms with Crippen molar-refractivity contribution in [1.82, 2.24) is 10.2 Å². The number of aliphatic carboxylic acids is 1. The molecule has 2 atom stereocenters. The van der Waals surface area contributed by atoms with Crippen LogP contribution in [-0.2, 0) is 4.79 Å². The van der Waals surface area contributed by atoms with Gasteiger partial charge in [-0.2, -0.15) is 0 Å². The van der Waals surface area contributed by atoms with E-state index in [4.69, 9.17) is 5.11 Å². The Hall–Kier alpha value is -0.610. The molecule has 0 aromatic heterocycles. The molecule has 4 heteroatoms. The molecular formula is C13H24N2O2. The Kier molecular flexibility index (Phi) is 4.40. The number of nitrogens with one attached hydrogen (secondary N) is 1. The van der Waals surface area contributed by atoms with Crippen LogP contribution in [0.15, 0.2) is 0 Å². The van der Waals surface area contributed by atoms with Crippen LogP contribution in [-0.4, -0.2) is 48.2 Å². The summed E-state index contributed by atoms with van der Waals surface area (Å²) in [5.41, 5.74) is 0. The lowest BCUT2D eigenvalue weighted by Crippen LogP contribution is -2.41. The van der Waals surface area contributed by atoms with Crippen LogP contribution in [0.3, 0.4) is 0 Å². The fraction of sp³-hybridized carbons (Fsp3) is 0.923. The summed E-state index contributed by atoms with van der Waals surface area (Å²) in [5, 5.41) is 12.4. The zero-order valence-electron chi connectivity index (χ0n) is 10.7. The Bertz CT molecular complexity index is 260. The van der Waals surface area contributed by atoms with Gasteiger partial charge in [0, 0.05) is 19.1 Å². The van der Waals surface area contributed by atoms with E-state index in [0.717, 1.165) is 26.2 Å². The molecule has 2 N–H and O–H groups in total. The zero-order chi connectivity index (χ0) is 12.3. The molecule has 0 bridgehead atoms. The summed E-state index contributed by atoms with van der Waals surface area (Å²) in [7, 11) is 0. The smallest absolute Gasteiger partial charge is 0.307 e. The fourth-order valence-electron chi connectivity index (χ4n) is 2.65. The average Bonchev–Trinajstić information content (AvgIpc) is 3.13. The second kappa shape index (κ2) is 5.83. The van der Waals surface area contributed by atoms with Gasteiger partial charge in [-0.3, -0.25) is 9.69 Å². The number of carboxylic acids is 1. The third-order valence-electron chi connectivity index (χ3n) is 3.88. The number of hydrogen-bond donors (Lipinski definition) is 2. The molecule has 1 saturated carbocycles. The van der Waals surface area contributed by atoms with Gasteiger partial charge in [0.05, 0.1) is 5.92 Å². The minimum atomic E-state index is -0.669. The highest BCUT2D eigenvalue weighted by molar-refractivity contribution is 5.69. The van der Waals surface area contributed by atoms with Crippen LogP contribution in [0.1, 0.15) is 32.6 Å². The van der Waals surface area contributed by atoms with Gasteiger partial charge in [0.2, 0.25) is 0 Å². The number of carboxylic acid groups (broad SMARTS) is 1. The number of carbonyl (C=O) groups is 1. The van der Waals surface area contributed by atoms with Crippen LogP contribution < -0.4 is 5.32 Å². The maximum atomic E-state index is 10.9. The Labute approximate surface area is 103 Å². The van der Waals surface area contributed by atoms with Gasteiger partial charge >= 0.3 is 5.97 Å². The molecule has 0 spiro atoms. The van der Waals surface area contributed by atoms with Gasteiger partial charge in [0.15, 0.2) is 0 Å². The minimum Gasteiger partial charge on any atom is -0.481 e. The highest BCUT2D eigenvalue weighted by Crippen LogP contribution is 2.29. The van der Waals surface area contributed by atoms with E-state index in [1.54, 1.807) is 0 Å². The van der Waals surface area contributed by atoms with Crippen LogP contribution >= 0.6 is 0 Å². The van der Waals surface area contributed by atoms with Crippen molar-refractivity contribution in [3.05, 3.63) is 0 Å². The van der Waals surface area contributed by atoms with Crippen molar-refractivity contribution in [2.24, 2.45) is 11.8 Å². The van der Waals surface area contributed by atoms with Crippen LogP contribution in [0.5, 0.6) is 0 Å². The summed E-state index contributed by atoms with van der Waals surface area (Å²) in [6.45, 7) is 5.86. The third-order valence-corrected chi connectivity index (χ3v) is 3.88. The molecule has 2 unspecified atom stereocenters. The first-order valence-corrected chi connectivity index (χ1v) is 6.84. The van der Waals surface area contributed by atoms with E-state index in [1.807, 2.05) is 6.92 Å². The van der Waals surface area contributed by atoms with Gasteiger partial charge in [-0.25, -0.2) is 0 Å². The van der Waals surface area contributed by atoms with Crippen molar-refractivity contribution in [3.8, 4) is 0 Å². The highest BCUT2D eigenvalue weighted by atomic mass is 16.4. The first-order valence-electron chi connectivity index (χ1n) is 6.84. The Balaban J connectivity index is 1.81. The van der Waals surface area contributed by atoms with E-state index in [2.05, 4.69) is 10.2 Å². The first kappa shape index (κ1) is 12.8. The Morgan fingerprint density at radius 1 is 1.47 bits per heavy atom. The molecule has 0 radical (unpaired) electrons. The summed E-state index contributed by atoms with van der Waals surface area (Å²) in [6.07, 6.45) is 5.06. The van der Waals surface area contributed by atoms with Gasteiger partial charge in [-0.05, 0) is 44.7 Å². The molecule has 2 rings (SSSR count). The van der Waals surface area contributed by atoms with E-state index in [1.165, 1.54) is 25.7 Å². The van der Waals surface area contributed by atoms with Crippen LogP contribution in [0.2, 0.25) is 0 Å². The molecule has 0 aromatic rings. The summed E-state index contributed by atoms with van der Waals surface area (Å²) in [4.78, 5) is 13.3. The Morgan fingerprint density at radius 3 is 2.76 bits per heavy atom. The molecule has 2 aliphatic rings. The van der Waals surface area contributed by atoms with Crippen molar-refractivity contribution >= 4 is 5.97 Å². The number of hydrogen-bond acceptors (Lipinski definition) is 3. The van der Waals surface area contributed by atoms with Gasteiger partial charge in [-0.1, -0.05) is 6.92 Å². The predicted molar refractivity (Wildman–Crippen MR) is 67.0 cm³/mol. The topological polar surface area (TPSA) is 52.6 Å². The molecule has 0 aromatic carbocycles. The lowest BCUT2D eigenvalue weighted by Gasteiger charge is -2.31. The minimum absolute atomic E-state index is 0.243. The zero-order valence-corrected chi connectivity index (χ0v) is 10.7. The van der Waals surface area contributed by atoms with Gasteiger partial charge < -0.3 is 10.4 Å². The van der Waals surface area contributed by atoms with Crippen molar-refractivity contribution in [1.29, 1.82) is 0 Å². The highest BCUT2D eigenvalue weighted by Gasteiger charge is 2.32. The fourth-order valence-corrected chi connectivity index (χ4v) is 2.65. The summed E-state index contributed by atoms with van der Waals surface area (Å²) in [5.74, 6) is -0.199.